The molecule has 2 N–H and O–H groups in total. The first-order chi connectivity index (χ1) is 12.5. The second-order valence-electron chi connectivity index (χ2n) is 5.73. The van der Waals surface area contributed by atoms with Gasteiger partial charge in [0.05, 0.1) is 17.4 Å². The molecule has 0 unspecified atom stereocenters. The van der Waals surface area contributed by atoms with E-state index < -0.39 is 0 Å². The van der Waals surface area contributed by atoms with Crippen LogP contribution in [0.15, 0.2) is 12.1 Å². The molecule has 3 rings (SSSR count). The number of anilines is 1. The average molecular weight is 416 g/mol. The fourth-order valence-corrected chi connectivity index (χ4v) is 4.03. The number of nitrogens with one attached hydrogen (secondary N) is 2. The number of likely N-dealkylation sites (N-methyl/N-ethyl adjacent to an activating group) is 1. The molecule has 2 aromatic heterocycles. The molecule has 1 aliphatic rings. The number of thiophene rings is 1. The molecule has 0 bridgehead atoms. The lowest BCUT2D eigenvalue weighted by Crippen LogP contribution is -2.35. The Bertz CT molecular complexity index is 775. The van der Waals surface area contributed by atoms with Crippen molar-refractivity contribution in [2.24, 2.45) is 0 Å². The van der Waals surface area contributed by atoms with E-state index in [0.29, 0.717) is 28.4 Å². The summed E-state index contributed by atoms with van der Waals surface area (Å²) in [6.45, 7) is 1.28. The Balaban J connectivity index is 1.46. The van der Waals surface area contributed by atoms with Crippen molar-refractivity contribution in [3.63, 3.8) is 0 Å². The van der Waals surface area contributed by atoms with Gasteiger partial charge < -0.3 is 15.0 Å². The Morgan fingerprint density at radius 3 is 3.00 bits per heavy atom. The molecule has 1 saturated heterocycles. The van der Waals surface area contributed by atoms with E-state index in [9.17, 15) is 9.59 Å². The molecule has 0 aromatic carbocycles. The number of urea groups is 1. The summed E-state index contributed by atoms with van der Waals surface area (Å²) in [6, 6.07) is 3.27. The summed E-state index contributed by atoms with van der Waals surface area (Å²) in [5.74, 6) is 0.406. The lowest BCUT2D eigenvalue weighted by molar-refractivity contribution is -0.140. The highest BCUT2D eigenvalue weighted by atomic mass is 35.5. The molecule has 3 amide bonds. The van der Waals surface area contributed by atoms with Crippen LogP contribution in [-0.2, 0) is 22.6 Å². The van der Waals surface area contributed by atoms with Crippen LogP contribution in [0, 0.1) is 0 Å². The summed E-state index contributed by atoms with van der Waals surface area (Å²) in [5.41, 5.74) is 0. The number of ether oxygens (including phenoxy) is 1. The molecular formula is C15H18ClN5O3S2. The molecule has 140 valence electrons. The number of hydrogen-bond donors (Lipinski definition) is 2. The van der Waals surface area contributed by atoms with Gasteiger partial charge in [0.15, 0.2) is 5.82 Å². The Morgan fingerprint density at radius 1 is 1.46 bits per heavy atom. The minimum atomic E-state index is -0.374. The van der Waals surface area contributed by atoms with Gasteiger partial charge in [0.25, 0.3) is 5.91 Å². The molecule has 0 spiro atoms. The molecule has 1 fully saturated rings. The first kappa shape index (κ1) is 19.0. The summed E-state index contributed by atoms with van der Waals surface area (Å²) in [4.78, 5) is 30.9. The third-order valence-corrected chi connectivity index (χ3v) is 5.60. The van der Waals surface area contributed by atoms with Gasteiger partial charge in [-0.25, -0.2) is 9.78 Å². The number of nitrogens with zero attached hydrogens (tertiary/aromatic N) is 3. The van der Waals surface area contributed by atoms with Gasteiger partial charge in [-0.15, -0.1) is 11.3 Å². The second kappa shape index (κ2) is 8.76. The summed E-state index contributed by atoms with van der Waals surface area (Å²) in [6.07, 6.45) is 1.28. The molecule has 1 atom stereocenters. The topological polar surface area (TPSA) is 96.5 Å². The molecule has 11 heteroatoms. The van der Waals surface area contributed by atoms with Crippen LogP contribution in [0.3, 0.4) is 0 Å². The van der Waals surface area contributed by atoms with Crippen molar-refractivity contribution in [1.29, 1.82) is 0 Å². The molecule has 0 saturated carbocycles. The van der Waals surface area contributed by atoms with Gasteiger partial charge in [-0.1, -0.05) is 11.6 Å². The molecule has 0 aliphatic carbocycles. The number of halogens is 1. The molecule has 26 heavy (non-hydrogen) atoms. The van der Waals surface area contributed by atoms with Crippen molar-refractivity contribution in [2.75, 3.05) is 19.0 Å². The quantitative estimate of drug-likeness (QED) is 0.756. The zero-order chi connectivity index (χ0) is 18.5. The monoisotopic (exact) mass is 415 g/mol. The zero-order valence-corrected chi connectivity index (χ0v) is 16.4. The van der Waals surface area contributed by atoms with Crippen LogP contribution in [0.4, 0.5) is 9.93 Å². The van der Waals surface area contributed by atoms with E-state index in [1.54, 1.807) is 18.0 Å². The third kappa shape index (κ3) is 5.13. The van der Waals surface area contributed by atoms with Crippen LogP contribution in [0.2, 0.25) is 4.34 Å². The van der Waals surface area contributed by atoms with E-state index in [1.807, 2.05) is 6.07 Å². The average Bonchev–Trinajstić information content (AvgIpc) is 3.35. The standard InChI is InChI=1S/C15H18ClN5O3S2/c1-21(13(22)10-3-2-6-24-10)8-12-18-15(26-20-12)19-14(23)17-7-9-4-5-11(16)25-9/h4-5,10H,2-3,6-8H2,1H3,(H2,17,18,19,20,23)/t10-/m1/s1. The number of hydrogen-bond acceptors (Lipinski definition) is 7. The number of carbonyl (C=O) groups excluding carboxylic acids is 2. The summed E-state index contributed by atoms with van der Waals surface area (Å²) in [7, 11) is 1.69. The van der Waals surface area contributed by atoms with E-state index >= 15 is 0 Å². The predicted molar refractivity (Wildman–Crippen MR) is 101 cm³/mol. The Labute approximate surface area is 163 Å². The van der Waals surface area contributed by atoms with Gasteiger partial charge in [-0.3, -0.25) is 10.1 Å². The molecule has 0 radical (unpaired) electrons. The van der Waals surface area contributed by atoms with Gasteiger partial charge in [0, 0.05) is 30.1 Å². The van der Waals surface area contributed by atoms with Gasteiger partial charge in [-0.2, -0.15) is 4.37 Å². The molecule has 1 aliphatic heterocycles. The predicted octanol–water partition coefficient (Wildman–Crippen LogP) is 2.71. The van der Waals surface area contributed by atoms with Crippen molar-refractivity contribution in [3.05, 3.63) is 27.2 Å². The van der Waals surface area contributed by atoms with Gasteiger partial charge in [0.1, 0.15) is 6.10 Å². The smallest absolute Gasteiger partial charge is 0.321 e. The minimum absolute atomic E-state index is 0.0702. The SMILES string of the molecule is CN(Cc1nsc(NC(=O)NCc2ccc(Cl)s2)n1)C(=O)[C@H]1CCCO1. The largest absolute Gasteiger partial charge is 0.368 e. The van der Waals surface area contributed by atoms with Crippen molar-refractivity contribution >= 4 is 51.5 Å². The highest BCUT2D eigenvalue weighted by Gasteiger charge is 2.27. The van der Waals surface area contributed by atoms with Crippen LogP contribution in [0.25, 0.3) is 0 Å². The van der Waals surface area contributed by atoms with Crippen LogP contribution in [0.1, 0.15) is 23.5 Å². The summed E-state index contributed by atoms with van der Waals surface area (Å²) >= 11 is 8.33. The van der Waals surface area contributed by atoms with Crippen molar-refractivity contribution in [1.82, 2.24) is 19.6 Å². The molecular weight excluding hydrogens is 398 g/mol. The van der Waals surface area contributed by atoms with Gasteiger partial charge in [0.2, 0.25) is 5.13 Å². The first-order valence-corrected chi connectivity index (χ1v) is 9.96. The Hall–Kier alpha value is -1.75. The highest BCUT2D eigenvalue weighted by molar-refractivity contribution is 7.16. The van der Waals surface area contributed by atoms with E-state index in [-0.39, 0.29) is 24.6 Å². The van der Waals surface area contributed by atoms with Gasteiger partial charge in [-0.05, 0) is 25.0 Å². The normalized spacial score (nSPS) is 16.5. The fraction of sp³-hybridized carbons (Fsp3) is 0.467. The van der Waals surface area contributed by atoms with E-state index in [1.165, 1.54) is 11.3 Å². The first-order valence-electron chi connectivity index (χ1n) is 7.99. The number of rotatable bonds is 6. The molecule has 8 nitrogen and oxygen atoms in total. The van der Waals surface area contributed by atoms with E-state index in [0.717, 1.165) is 29.3 Å². The number of carbonyl (C=O) groups is 2. The van der Waals surface area contributed by atoms with Gasteiger partial charge >= 0.3 is 6.03 Å². The van der Waals surface area contributed by atoms with E-state index in [2.05, 4.69) is 20.0 Å². The zero-order valence-electron chi connectivity index (χ0n) is 14.0. The van der Waals surface area contributed by atoms with Crippen molar-refractivity contribution in [2.45, 2.75) is 32.0 Å². The summed E-state index contributed by atoms with van der Waals surface area (Å²) in [5, 5.41) is 5.74. The Morgan fingerprint density at radius 2 is 2.31 bits per heavy atom. The fourth-order valence-electron chi connectivity index (χ4n) is 2.43. The van der Waals surface area contributed by atoms with Crippen molar-refractivity contribution < 1.29 is 14.3 Å². The lowest BCUT2D eigenvalue weighted by atomic mass is 10.2. The maximum atomic E-state index is 12.2. The van der Waals surface area contributed by atoms with Crippen LogP contribution < -0.4 is 10.6 Å². The van der Waals surface area contributed by atoms with Crippen LogP contribution in [-0.4, -0.2) is 46.0 Å². The maximum absolute atomic E-state index is 12.2. The number of aromatic nitrogens is 2. The molecule has 2 aromatic rings. The van der Waals surface area contributed by atoms with E-state index in [4.69, 9.17) is 16.3 Å². The highest BCUT2D eigenvalue weighted by Crippen LogP contribution is 2.21. The lowest BCUT2D eigenvalue weighted by Gasteiger charge is -2.18. The van der Waals surface area contributed by atoms with Crippen LogP contribution >= 0.6 is 34.5 Å². The molecule has 3 heterocycles. The Kier molecular flexibility index (Phi) is 6.41. The second-order valence-corrected chi connectivity index (χ2v) is 8.28. The third-order valence-electron chi connectivity index (χ3n) is 3.70. The number of amides is 3. The summed E-state index contributed by atoms with van der Waals surface area (Å²) < 4.78 is 10.3. The van der Waals surface area contributed by atoms with Crippen molar-refractivity contribution in [3.8, 4) is 0 Å². The van der Waals surface area contributed by atoms with Crippen LogP contribution in [0.5, 0.6) is 0 Å². The maximum Gasteiger partial charge on any atom is 0.321 e. The minimum Gasteiger partial charge on any atom is -0.368 e.